The first-order valence-electron chi connectivity index (χ1n) is 9.41. The zero-order chi connectivity index (χ0) is 17.9. The summed E-state index contributed by atoms with van der Waals surface area (Å²) in [6, 6.07) is 9.92. The van der Waals surface area contributed by atoms with Crippen LogP contribution in [0.5, 0.6) is 5.75 Å². The lowest BCUT2D eigenvalue weighted by Gasteiger charge is -2.36. The normalized spacial score (nSPS) is 20.5. The third-order valence-electron chi connectivity index (χ3n) is 5.54. The standard InChI is InChI=1S/C20H25N3O3/c24-13-12-23-18(5-9-21-23)15-6-10-22(11-7-15)20(25)17-8-14-26-19-4-2-1-3-16(17)19/h1-5,9,15,17,24H,6-8,10-14H2. The maximum absolute atomic E-state index is 13.1. The van der Waals surface area contributed by atoms with Crippen molar-refractivity contribution >= 4 is 5.91 Å². The van der Waals surface area contributed by atoms with E-state index >= 15 is 0 Å². The Morgan fingerprint density at radius 2 is 2.00 bits per heavy atom. The van der Waals surface area contributed by atoms with E-state index in [0.717, 1.165) is 43.7 Å². The number of aromatic nitrogens is 2. The van der Waals surface area contributed by atoms with E-state index in [1.165, 1.54) is 5.69 Å². The molecule has 1 atom stereocenters. The Morgan fingerprint density at radius 1 is 1.19 bits per heavy atom. The van der Waals surface area contributed by atoms with E-state index in [1.54, 1.807) is 6.20 Å². The van der Waals surface area contributed by atoms with Gasteiger partial charge in [-0.25, -0.2) is 0 Å². The highest BCUT2D eigenvalue weighted by molar-refractivity contribution is 5.85. The number of aliphatic hydroxyl groups is 1. The molecule has 6 nitrogen and oxygen atoms in total. The summed E-state index contributed by atoms with van der Waals surface area (Å²) in [5.74, 6) is 1.38. The van der Waals surface area contributed by atoms with Crippen LogP contribution in [0.1, 0.15) is 42.4 Å². The van der Waals surface area contributed by atoms with Crippen LogP contribution in [0.3, 0.4) is 0 Å². The van der Waals surface area contributed by atoms with E-state index < -0.39 is 0 Å². The quantitative estimate of drug-likeness (QED) is 0.912. The number of likely N-dealkylation sites (tertiary alicyclic amines) is 1. The average Bonchev–Trinajstić information content (AvgIpc) is 3.16. The van der Waals surface area contributed by atoms with E-state index in [4.69, 9.17) is 4.74 Å². The third kappa shape index (κ3) is 3.21. The van der Waals surface area contributed by atoms with Crippen molar-refractivity contribution in [2.75, 3.05) is 26.3 Å². The second kappa shape index (κ2) is 7.50. The van der Waals surface area contributed by atoms with Crippen LogP contribution in [0.25, 0.3) is 0 Å². The molecule has 1 aromatic heterocycles. The number of hydrogen-bond donors (Lipinski definition) is 1. The van der Waals surface area contributed by atoms with E-state index in [9.17, 15) is 9.90 Å². The van der Waals surface area contributed by atoms with E-state index in [-0.39, 0.29) is 18.4 Å². The smallest absolute Gasteiger partial charge is 0.230 e. The highest BCUT2D eigenvalue weighted by Crippen LogP contribution is 2.36. The Bertz CT molecular complexity index is 765. The van der Waals surface area contributed by atoms with Crippen LogP contribution in [0.4, 0.5) is 0 Å². The zero-order valence-corrected chi connectivity index (χ0v) is 14.9. The van der Waals surface area contributed by atoms with Crippen molar-refractivity contribution in [1.82, 2.24) is 14.7 Å². The zero-order valence-electron chi connectivity index (χ0n) is 14.9. The summed E-state index contributed by atoms with van der Waals surface area (Å²) in [5, 5.41) is 13.5. The summed E-state index contributed by atoms with van der Waals surface area (Å²) in [7, 11) is 0. The molecule has 3 heterocycles. The predicted octanol–water partition coefficient (Wildman–Crippen LogP) is 2.15. The molecule has 1 saturated heterocycles. The summed E-state index contributed by atoms with van der Waals surface area (Å²) >= 11 is 0. The topological polar surface area (TPSA) is 67.6 Å². The van der Waals surface area contributed by atoms with Crippen LogP contribution in [0.2, 0.25) is 0 Å². The number of carbonyl (C=O) groups excluding carboxylic acids is 1. The van der Waals surface area contributed by atoms with Gasteiger partial charge in [0.25, 0.3) is 0 Å². The van der Waals surface area contributed by atoms with Crippen LogP contribution in [0.15, 0.2) is 36.5 Å². The Kier molecular flexibility index (Phi) is 4.93. The molecule has 0 saturated carbocycles. The van der Waals surface area contributed by atoms with Crippen molar-refractivity contribution in [2.24, 2.45) is 0 Å². The lowest BCUT2D eigenvalue weighted by Crippen LogP contribution is -2.42. The molecule has 1 fully saturated rings. The highest BCUT2D eigenvalue weighted by atomic mass is 16.5. The molecule has 1 aromatic carbocycles. The fourth-order valence-corrected chi connectivity index (χ4v) is 4.19. The average molecular weight is 355 g/mol. The van der Waals surface area contributed by atoms with E-state index in [1.807, 2.05) is 39.9 Å². The van der Waals surface area contributed by atoms with Gasteiger partial charge in [-0.15, -0.1) is 0 Å². The molecule has 1 N–H and O–H groups in total. The molecule has 138 valence electrons. The number of piperidine rings is 1. The molecule has 2 aromatic rings. The van der Waals surface area contributed by atoms with Crippen LogP contribution in [0, 0.1) is 0 Å². The molecule has 2 aliphatic heterocycles. The first kappa shape index (κ1) is 17.1. The van der Waals surface area contributed by atoms with Crippen LogP contribution < -0.4 is 4.74 Å². The first-order chi connectivity index (χ1) is 12.8. The van der Waals surface area contributed by atoms with Gasteiger partial charge in [0.2, 0.25) is 5.91 Å². The number of ether oxygens (including phenoxy) is 1. The number of rotatable bonds is 4. The molecule has 26 heavy (non-hydrogen) atoms. The monoisotopic (exact) mass is 355 g/mol. The van der Waals surface area contributed by atoms with Gasteiger partial charge in [0.1, 0.15) is 5.75 Å². The number of fused-ring (bicyclic) bond motifs is 1. The van der Waals surface area contributed by atoms with Gasteiger partial charge >= 0.3 is 0 Å². The van der Waals surface area contributed by atoms with Gasteiger partial charge < -0.3 is 14.7 Å². The van der Waals surface area contributed by atoms with Crippen molar-refractivity contribution in [1.29, 1.82) is 0 Å². The second-order valence-electron chi connectivity index (χ2n) is 7.03. The first-order valence-corrected chi connectivity index (χ1v) is 9.41. The minimum Gasteiger partial charge on any atom is -0.493 e. The summed E-state index contributed by atoms with van der Waals surface area (Å²) in [4.78, 5) is 15.1. The third-order valence-corrected chi connectivity index (χ3v) is 5.54. The maximum Gasteiger partial charge on any atom is 0.230 e. The van der Waals surface area contributed by atoms with Gasteiger partial charge in [0.15, 0.2) is 0 Å². The molecule has 0 aliphatic carbocycles. The van der Waals surface area contributed by atoms with Crippen molar-refractivity contribution in [3.8, 4) is 5.75 Å². The summed E-state index contributed by atoms with van der Waals surface area (Å²) in [5.41, 5.74) is 2.19. The van der Waals surface area contributed by atoms with Gasteiger partial charge in [-0.1, -0.05) is 18.2 Å². The van der Waals surface area contributed by atoms with Gasteiger partial charge in [0.05, 0.1) is 25.7 Å². The molecule has 0 radical (unpaired) electrons. The summed E-state index contributed by atoms with van der Waals surface area (Å²) < 4.78 is 7.58. The lowest BCUT2D eigenvalue weighted by molar-refractivity contribution is -0.134. The second-order valence-corrected chi connectivity index (χ2v) is 7.03. The molecule has 0 bridgehead atoms. The number of nitrogens with zero attached hydrogens (tertiary/aromatic N) is 3. The van der Waals surface area contributed by atoms with Gasteiger partial charge in [-0.3, -0.25) is 9.48 Å². The number of hydrogen-bond acceptors (Lipinski definition) is 4. The number of para-hydroxylation sites is 1. The minimum absolute atomic E-state index is 0.0867. The van der Waals surface area contributed by atoms with E-state index in [0.29, 0.717) is 19.1 Å². The number of amides is 1. The van der Waals surface area contributed by atoms with Gasteiger partial charge in [0, 0.05) is 36.5 Å². The van der Waals surface area contributed by atoms with Crippen molar-refractivity contribution in [3.63, 3.8) is 0 Å². The van der Waals surface area contributed by atoms with Gasteiger partial charge in [-0.2, -0.15) is 5.10 Å². The number of benzene rings is 1. The van der Waals surface area contributed by atoms with Crippen molar-refractivity contribution in [2.45, 2.75) is 37.6 Å². The van der Waals surface area contributed by atoms with Crippen LogP contribution in [-0.2, 0) is 11.3 Å². The summed E-state index contributed by atoms with van der Waals surface area (Å²) in [6.07, 6.45) is 4.42. The molecule has 0 spiro atoms. The fraction of sp³-hybridized carbons (Fsp3) is 0.500. The SMILES string of the molecule is O=C(C1CCOc2ccccc21)N1CCC(c2ccnn2CCO)CC1. The molecule has 6 heteroatoms. The largest absolute Gasteiger partial charge is 0.493 e. The molecule has 1 unspecified atom stereocenters. The Balaban J connectivity index is 1.42. The van der Waals surface area contributed by atoms with Crippen LogP contribution in [-0.4, -0.2) is 52.0 Å². The van der Waals surface area contributed by atoms with Crippen LogP contribution >= 0.6 is 0 Å². The Morgan fingerprint density at radius 3 is 2.81 bits per heavy atom. The molecular formula is C20H25N3O3. The molecular weight excluding hydrogens is 330 g/mol. The Labute approximate surface area is 153 Å². The van der Waals surface area contributed by atoms with E-state index in [2.05, 4.69) is 5.10 Å². The highest BCUT2D eigenvalue weighted by Gasteiger charge is 2.33. The maximum atomic E-state index is 13.1. The number of carbonyl (C=O) groups is 1. The molecule has 1 amide bonds. The molecule has 4 rings (SSSR count). The number of aliphatic hydroxyl groups excluding tert-OH is 1. The predicted molar refractivity (Wildman–Crippen MR) is 97.2 cm³/mol. The molecule has 2 aliphatic rings. The van der Waals surface area contributed by atoms with Crippen molar-refractivity contribution in [3.05, 3.63) is 47.8 Å². The lowest BCUT2D eigenvalue weighted by atomic mass is 9.89. The Hall–Kier alpha value is -2.34. The van der Waals surface area contributed by atoms with Crippen molar-refractivity contribution < 1.29 is 14.6 Å². The fourth-order valence-electron chi connectivity index (χ4n) is 4.19. The minimum atomic E-state index is -0.0867. The van der Waals surface area contributed by atoms with Gasteiger partial charge in [-0.05, 0) is 31.4 Å². The summed E-state index contributed by atoms with van der Waals surface area (Å²) in [6.45, 7) is 2.76.